The van der Waals surface area contributed by atoms with Crippen LogP contribution < -0.4 is 5.56 Å². The van der Waals surface area contributed by atoms with E-state index in [0.29, 0.717) is 27.7 Å². The molecule has 0 saturated carbocycles. The van der Waals surface area contributed by atoms with Crippen LogP contribution in [0, 0.1) is 17.0 Å². The Kier molecular flexibility index (Phi) is 3.65. The number of hydrogen-bond donors (Lipinski definition) is 0. The van der Waals surface area contributed by atoms with Crippen molar-refractivity contribution in [1.29, 1.82) is 0 Å². The van der Waals surface area contributed by atoms with E-state index in [4.69, 9.17) is 0 Å². The maximum absolute atomic E-state index is 12.9. The van der Waals surface area contributed by atoms with Crippen molar-refractivity contribution in [3.05, 3.63) is 56.5 Å². The molecule has 0 saturated heterocycles. The summed E-state index contributed by atoms with van der Waals surface area (Å²) < 4.78 is 2.86. The highest BCUT2D eigenvalue weighted by molar-refractivity contribution is 7.98. The lowest BCUT2D eigenvalue weighted by Gasteiger charge is -2.09. The van der Waals surface area contributed by atoms with Gasteiger partial charge in [0, 0.05) is 18.3 Å². The number of nitro groups is 1. The van der Waals surface area contributed by atoms with Crippen LogP contribution in [0.2, 0.25) is 0 Å². The minimum absolute atomic E-state index is 0.0335. The molecular weight excluding hydrogens is 358 g/mol. The van der Waals surface area contributed by atoms with Crippen LogP contribution in [0.3, 0.4) is 0 Å². The molecule has 4 aromatic rings. The number of aromatic nitrogens is 6. The predicted molar refractivity (Wildman–Crippen MR) is 94.9 cm³/mol. The molecule has 26 heavy (non-hydrogen) atoms. The van der Waals surface area contributed by atoms with Crippen molar-refractivity contribution < 1.29 is 4.92 Å². The molecule has 3 aromatic heterocycles. The van der Waals surface area contributed by atoms with Gasteiger partial charge in [-0.2, -0.15) is 9.50 Å². The largest absolute Gasteiger partial charge is 0.285 e. The van der Waals surface area contributed by atoms with Gasteiger partial charge < -0.3 is 0 Å². The highest BCUT2D eigenvalue weighted by atomic mass is 32.2. The summed E-state index contributed by atoms with van der Waals surface area (Å²) in [6.07, 6.45) is 3.43. The Morgan fingerprint density at radius 3 is 2.73 bits per heavy atom. The van der Waals surface area contributed by atoms with Crippen molar-refractivity contribution in [2.24, 2.45) is 0 Å². The summed E-state index contributed by atoms with van der Waals surface area (Å²) in [6.45, 7) is 1.70. The molecule has 0 fully saturated rings. The Bertz CT molecular complexity index is 1250. The predicted octanol–water partition coefficient (Wildman–Crippen LogP) is 1.76. The van der Waals surface area contributed by atoms with Gasteiger partial charge in [0.05, 0.1) is 10.6 Å². The third-order valence-electron chi connectivity index (χ3n) is 3.92. The Hall–Kier alpha value is -3.34. The number of rotatable bonds is 3. The Morgan fingerprint density at radius 2 is 2.04 bits per heavy atom. The van der Waals surface area contributed by atoms with Crippen LogP contribution in [0.5, 0.6) is 0 Å². The fourth-order valence-electron chi connectivity index (χ4n) is 2.69. The SMILES string of the molecule is CSc1nc2nnc3c(=O)n(-c4ccc([N+](=O)[O-])cc4C)ccc3n2n1. The second kappa shape index (κ2) is 5.88. The Labute approximate surface area is 149 Å². The summed E-state index contributed by atoms with van der Waals surface area (Å²) in [6, 6.07) is 6.00. The molecule has 0 radical (unpaired) electrons. The minimum Gasteiger partial charge on any atom is -0.282 e. The van der Waals surface area contributed by atoms with E-state index >= 15 is 0 Å². The number of nitrogens with zero attached hydrogens (tertiary/aromatic N) is 7. The molecule has 0 aliphatic carbocycles. The molecular formula is C15H11N7O3S. The molecule has 0 amide bonds. The molecule has 0 bridgehead atoms. The number of pyridine rings is 1. The average molecular weight is 369 g/mol. The fourth-order valence-corrected chi connectivity index (χ4v) is 3.02. The Balaban J connectivity index is 1.95. The molecule has 0 spiro atoms. The maximum atomic E-state index is 12.9. The van der Waals surface area contributed by atoms with Crippen LogP contribution in [0.15, 0.2) is 40.4 Å². The van der Waals surface area contributed by atoms with E-state index in [1.165, 1.54) is 39.0 Å². The molecule has 4 rings (SSSR count). The first-order chi connectivity index (χ1) is 12.5. The second-order valence-corrected chi connectivity index (χ2v) is 6.24. The standard InChI is InChI=1S/C15H11N7O3S/c1-8-7-9(22(24)25)3-4-10(8)20-6-5-11-12(13(20)23)17-18-14-16-15(26-2)19-21(11)14/h3-7H,1-2H3. The van der Waals surface area contributed by atoms with Crippen LogP contribution >= 0.6 is 11.8 Å². The van der Waals surface area contributed by atoms with Gasteiger partial charge in [-0.3, -0.25) is 19.5 Å². The van der Waals surface area contributed by atoms with E-state index in [-0.39, 0.29) is 11.2 Å². The molecule has 11 heteroatoms. The smallest absolute Gasteiger partial charge is 0.282 e. The normalized spacial score (nSPS) is 11.3. The first-order valence-electron chi connectivity index (χ1n) is 7.44. The van der Waals surface area contributed by atoms with Crippen LogP contribution in [0.4, 0.5) is 5.69 Å². The lowest BCUT2D eigenvalue weighted by atomic mass is 10.1. The minimum atomic E-state index is -0.476. The van der Waals surface area contributed by atoms with Crippen molar-refractivity contribution >= 4 is 34.3 Å². The van der Waals surface area contributed by atoms with E-state index < -0.39 is 10.5 Å². The summed E-state index contributed by atoms with van der Waals surface area (Å²) in [4.78, 5) is 27.5. The van der Waals surface area contributed by atoms with Gasteiger partial charge in [-0.15, -0.1) is 15.3 Å². The zero-order valence-corrected chi connectivity index (χ0v) is 14.5. The number of aryl methyl sites for hydroxylation is 1. The molecule has 0 unspecified atom stereocenters. The van der Waals surface area contributed by atoms with Crippen LogP contribution in [0.1, 0.15) is 5.56 Å². The van der Waals surface area contributed by atoms with Crippen LogP contribution in [-0.2, 0) is 0 Å². The number of hydrogen-bond acceptors (Lipinski definition) is 8. The third-order valence-corrected chi connectivity index (χ3v) is 4.46. The molecule has 0 N–H and O–H groups in total. The number of fused-ring (bicyclic) bond motifs is 3. The Morgan fingerprint density at radius 1 is 1.23 bits per heavy atom. The topological polar surface area (TPSA) is 121 Å². The summed E-state index contributed by atoms with van der Waals surface area (Å²) >= 11 is 1.36. The van der Waals surface area contributed by atoms with E-state index in [2.05, 4.69) is 20.3 Å². The third kappa shape index (κ3) is 2.40. The number of non-ortho nitro benzene ring substituents is 1. The van der Waals surface area contributed by atoms with Gasteiger partial charge in [0.15, 0.2) is 5.52 Å². The second-order valence-electron chi connectivity index (χ2n) is 5.46. The highest BCUT2D eigenvalue weighted by Gasteiger charge is 2.15. The molecule has 3 heterocycles. The number of nitro benzene ring substituents is 1. The van der Waals surface area contributed by atoms with E-state index in [1.54, 1.807) is 19.2 Å². The summed E-state index contributed by atoms with van der Waals surface area (Å²) in [5.74, 6) is 0.311. The molecule has 0 aliphatic heterocycles. The van der Waals surface area contributed by atoms with Crippen molar-refractivity contribution in [3.8, 4) is 5.69 Å². The zero-order valence-electron chi connectivity index (χ0n) is 13.7. The highest BCUT2D eigenvalue weighted by Crippen LogP contribution is 2.20. The van der Waals surface area contributed by atoms with Gasteiger partial charge in [0.1, 0.15) is 5.52 Å². The lowest BCUT2D eigenvalue weighted by Crippen LogP contribution is -2.21. The van der Waals surface area contributed by atoms with Gasteiger partial charge in [-0.25, -0.2) is 0 Å². The van der Waals surface area contributed by atoms with E-state index in [0.717, 1.165) is 0 Å². The van der Waals surface area contributed by atoms with Gasteiger partial charge >= 0.3 is 0 Å². The van der Waals surface area contributed by atoms with Crippen LogP contribution in [0.25, 0.3) is 22.5 Å². The molecule has 130 valence electrons. The first kappa shape index (κ1) is 16.1. The molecule has 10 nitrogen and oxygen atoms in total. The molecule has 1 aromatic carbocycles. The monoisotopic (exact) mass is 369 g/mol. The summed E-state index contributed by atoms with van der Waals surface area (Å²) in [5.41, 5.74) is 1.33. The fraction of sp³-hybridized carbons (Fsp3) is 0.133. The molecule has 0 atom stereocenters. The average Bonchev–Trinajstić information content (AvgIpc) is 3.06. The van der Waals surface area contributed by atoms with E-state index in [9.17, 15) is 14.9 Å². The van der Waals surface area contributed by atoms with Gasteiger partial charge in [-0.1, -0.05) is 11.8 Å². The zero-order chi connectivity index (χ0) is 18.4. The van der Waals surface area contributed by atoms with Gasteiger partial charge in [0.2, 0.25) is 5.16 Å². The first-order valence-corrected chi connectivity index (χ1v) is 8.66. The van der Waals surface area contributed by atoms with E-state index in [1.807, 2.05) is 6.26 Å². The van der Waals surface area contributed by atoms with Crippen molar-refractivity contribution in [1.82, 2.24) is 29.4 Å². The summed E-state index contributed by atoms with van der Waals surface area (Å²) in [5, 5.41) is 23.7. The quantitative estimate of drug-likeness (QED) is 0.304. The number of benzene rings is 1. The maximum Gasteiger partial charge on any atom is 0.285 e. The molecule has 0 aliphatic rings. The summed E-state index contributed by atoms with van der Waals surface area (Å²) in [7, 11) is 0. The van der Waals surface area contributed by atoms with Crippen molar-refractivity contribution in [2.75, 3.05) is 6.26 Å². The number of thioether (sulfide) groups is 1. The lowest BCUT2D eigenvalue weighted by molar-refractivity contribution is -0.384. The van der Waals surface area contributed by atoms with Crippen molar-refractivity contribution in [2.45, 2.75) is 12.1 Å². The van der Waals surface area contributed by atoms with Crippen LogP contribution in [-0.4, -0.2) is 40.5 Å². The van der Waals surface area contributed by atoms with Crippen molar-refractivity contribution in [3.63, 3.8) is 0 Å². The van der Waals surface area contributed by atoms with Gasteiger partial charge in [0.25, 0.3) is 17.0 Å². The van der Waals surface area contributed by atoms with Gasteiger partial charge in [-0.05, 0) is 30.9 Å².